The van der Waals surface area contributed by atoms with Crippen molar-refractivity contribution in [3.8, 4) is 0 Å². The van der Waals surface area contributed by atoms with Gasteiger partial charge in [-0.3, -0.25) is 4.79 Å². The molecule has 1 aromatic rings. The van der Waals surface area contributed by atoms with Crippen LogP contribution < -0.4 is 5.32 Å². The molecule has 3 unspecified atom stereocenters. The molecule has 0 spiro atoms. The smallest absolute Gasteiger partial charge is 0.416 e. The van der Waals surface area contributed by atoms with Crippen LogP contribution in [0.3, 0.4) is 0 Å². The van der Waals surface area contributed by atoms with Crippen molar-refractivity contribution in [3.63, 3.8) is 0 Å². The fourth-order valence-corrected chi connectivity index (χ4v) is 3.17. The maximum absolute atomic E-state index is 12.5. The first-order valence-corrected chi connectivity index (χ1v) is 9.23. The summed E-state index contributed by atoms with van der Waals surface area (Å²) in [6.07, 6.45) is 0.552. The zero-order valence-corrected chi connectivity index (χ0v) is 15.8. The first kappa shape index (κ1) is 22.5. The predicted molar refractivity (Wildman–Crippen MR) is 97.2 cm³/mol. The third kappa shape index (κ3) is 7.77. The van der Waals surface area contributed by atoms with Crippen molar-refractivity contribution >= 4 is 5.97 Å². The molecule has 0 bridgehead atoms. The monoisotopic (exact) mass is 373 g/mol. The fourth-order valence-electron chi connectivity index (χ4n) is 3.17. The van der Waals surface area contributed by atoms with Gasteiger partial charge in [-0.1, -0.05) is 25.5 Å². The number of benzene rings is 1. The fraction of sp³-hybridized carbons (Fsp3) is 0.650. The zero-order valence-electron chi connectivity index (χ0n) is 15.8. The summed E-state index contributed by atoms with van der Waals surface area (Å²) in [4.78, 5) is 10.7. The molecular weight excluding hydrogens is 343 g/mol. The minimum Gasteiger partial charge on any atom is -0.481 e. The Morgan fingerprint density at radius 2 is 1.88 bits per heavy atom. The first-order chi connectivity index (χ1) is 12.2. The van der Waals surface area contributed by atoms with Crippen LogP contribution >= 0.6 is 0 Å². The molecule has 0 heterocycles. The second kappa shape index (κ2) is 10.6. The molecule has 6 heteroatoms. The summed E-state index contributed by atoms with van der Waals surface area (Å²) in [6, 6.07) is 5.95. The molecule has 2 rings (SSSR count). The number of hydrogen-bond acceptors (Lipinski definition) is 2. The van der Waals surface area contributed by atoms with Crippen LogP contribution in [0.5, 0.6) is 0 Å². The summed E-state index contributed by atoms with van der Waals surface area (Å²) < 4.78 is 37.5. The van der Waals surface area contributed by atoms with Gasteiger partial charge in [0, 0.05) is 12.5 Å². The van der Waals surface area contributed by atoms with E-state index in [1.54, 1.807) is 0 Å². The molecule has 148 valence electrons. The second-order valence-electron chi connectivity index (χ2n) is 7.05. The largest absolute Gasteiger partial charge is 0.481 e. The van der Waals surface area contributed by atoms with E-state index in [2.05, 4.69) is 19.2 Å². The molecule has 2 N–H and O–H groups in total. The van der Waals surface area contributed by atoms with E-state index in [1.165, 1.54) is 18.6 Å². The van der Waals surface area contributed by atoms with E-state index >= 15 is 0 Å². The van der Waals surface area contributed by atoms with Crippen molar-refractivity contribution in [2.75, 3.05) is 7.05 Å². The Bertz CT molecular complexity index is 539. The molecule has 0 amide bonds. The van der Waals surface area contributed by atoms with E-state index in [9.17, 15) is 18.0 Å². The highest BCUT2D eigenvalue weighted by Crippen LogP contribution is 2.38. The lowest BCUT2D eigenvalue weighted by Crippen LogP contribution is -2.19. The highest BCUT2D eigenvalue weighted by molar-refractivity contribution is 5.67. The number of hydrogen-bond donors (Lipinski definition) is 2. The van der Waals surface area contributed by atoms with Gasteiger partial charge in [0.1, 0.15) is 0 Å². The summed E-state index contributed by atoms with van der Waals surface area (Å²) in [6.45, 7) is 4.33. The highest BCUT2D eigenvalue weighted by Gasteiger charge is 2.31. The summed E-state index contributed by atoms with van der Waals surface area (Å²) in [5.74, 6) is -0.494. The Kier molecular flexibility index (Phi) is 9.13. The molecule has 0 aliphatic heterocycles. The molecule has 1 aliphatic rings. The topological polar surface area (TPSA) is 49.3 Å². The van der Waals surface area contributed by atoms with Crippen molar-refractivity contribution in [1.82, 2.24) is 5.32 Å². The average molecular weight is 373 g/mol. The minimum absolute atomic E-state index is 0.133. The van der Waals surface area contributed by atoms with Crippen LogP contribution in [0.25, 0.3) is 0 Å². The first-order valence-electron chi connectivity index (χ1n) is 9.23. The number of carboxylic acids is 1. The lowest BCUT2D eigenvalue weighted by atomic mass is 9.77. The molecular formula is C20H30F3NO2. The van der Waals surface area contributed by atoms with Gasteiger partial charge >= 0.3 is 12.1 Å². The molecule has 3 nitrogen and oxygen atoms in total. The van der Waals surface area contributed by atoms with E-state index in [-0.39, 0.29) is 18.3 Å². The number of alkyl halides is 3. The van der Waals surface area contributed by atoms with Crippen molar-refractivity contribution in [3.05, 3.63) is 35.4 Å². The normalized spacial score (nSPS) is 21.5. The summed E-state index contributed by atoms with van der Waals surface area (Å²) >= 11 is 0. The molecule has 1 aliphatic carbocycles. The van der Waals surface area contributed by atoms with Crippen LogP contribution in [0.1, 0.15) is 69.4 Å². The van der Waals surface area contributed by atoms with Gasteiger partial charge in [-0.15, -0.1) is 0 Å². The van der Waals surface area contributed by atoms with Crippen molar-refractivity contribution in [2.45, 2.75) is 70.5 Å². The van der Waals surface area contributed by atoms with Gasteiger partial charge < -0.3 is 10.4 Å². The highest BCUT2D eigenvalue weighted by atomic mass is 19.4. The number of carboxylic acid groups (broad SMARTS) is 1. The van der Waals surface area contributed by atoms with Gasteiger partial charge in [0.2, 0.25) is 0 Å². The third-order valence-corrected chi connectivity index (χ3v) is 5.06. The Labute approximate surface area is 154 Å². The van der Waals surface area contributed by atoms with Crippen LogP contribution in [0.15, 0.2) is 24.3 Å². The van der Waals surface area contributed by atoms with Gasteiger partial charge in [0.05, 0.1) is 5.56 Å². The van der Waals surface area contributed by atoms with Gasteiger partial charge in [-0.2, -0.15) is 13.2 Å². The maximum atomic E-state index is 12.5. The quantitative estimate of drug-likeness (QED) is 0.721. The van der Waals surface area contributed by atoms with Crippen molar-refractivity contribution < 1.29 is 23.1 Å². The standard InChI is InChI=1S/C15H17F3O2.C5H13N/c16-15(17,18)13-6-4-11(5-7-13)12-3-1-2-10(8-12)9-14(19)20;1-4-5(2)6-3/h4-7,10,12H,1-3,8-9H2,(H,19,20);5-6H,4H2,1-3H3. The van der Waals surface area contributed by atoms with Crippen LogP contribution in [-0.4, -0.2) is 24.2 Å². The van der Waals surface area contributed by atoms with Gasteiger partial charge in [0.25, 0.3) is 0 Å². The number of carbonyl (C=O) groups is 1. The van der Waals surface area contributed by atoms with E-state index in [0.717, 1.165) is 43.4 Å². The van der Waals surface area contributed by atoms with E-state index in [4.69, 9.17) is 5.11 Å². The summed E-state index contributed by atoms with van der Waals surface area (Å²) in [5.41, 5.74) is 0.243. The average Bonchev–Trinajstić information content (AvgIpc) is 2.60. The molecule has 0 radical (unpaired) electrons. The van der Waals surface area contributed by atoms with Crippen LogP contribution in [0.2, 0.25) is 0 Å². The maximum Gasteiger partial charge on any atom is 0.416 e. The van der Waals surface area contributed by atoms with Gasteiger partial charge in [-0.25, -0.2) is 0 Å². The van der Waals surface area contributed by atoms with Crippen molar-refractivity contribution in [2.24, 2.45) is 5.92 Å². The SMILES string of the molecule is CCC(C)NC.O=C(O)CC1CCCC(c2ccc(C(F)(F)F)cc2)C1. The molecule has 26 heavy (non-hydrogen) atoms. The minimum atomic E-state index is -4.31. The van der Waals surface area contributed by atoms with Crippen LogP contribution in [0.4, 0.5) is 13.2 Å². The molecule has 1 saturated carbocycles. The van der Waals surface area contributed by atoms with Crippen molar-refractivity contribution in [1.29, 1.82) is 0 Å². The second-order valence-corrected chi connectivity index (χ2v) is 7.05. The number of rotatable bonds is 5. The van der Waals surface area contributed by atoms with Crippen LogP contribution in [-0.2, 0) is 11.0 Å². The Hall–Kier alpha value is -1.56. The molecule has 0 aromatic heterocycles. The predicted octanol–water partition coefficient (Wildman–Crippen LogP) is 5.46. The lowest BCUT2D eigenvalue weighted by molar-refractivity contribution is -0.139. The number of aliphatic carboxylic acids is 1. The summed E-state index contributed by atoms with van der Waals surface area (Å²) in [7, 11) is 1.98. The van der Waals surface area contributed by atoms with Gasteiger partial charge in [0.15, 0.2) is 0 Å². The molecule has 1 fully saturated rings. The molecule has 3 atom stereocenters. The number of halogens is 3. The molecule has 0 saturated heterocycles. The van der Waals surface area contributed by atoms with Gasteiger partial charge in [-0.05, 0) is 69.2 Å². The summed E-state index contributed by atoms with van der Waals surface area (Å²) in [5, 5.41) is 11.9. The van der Waals surface area contributed by atoms with E-state index in [0.29, 0.717) is 6.04 Å². The number of nitrogens with one attached hydrogen (secondary N) is 1. The Morgan fingerprint density at radius 3 is 2.31 bits per heavy atom. The lowest BCUT2D eigenvalue weighted by Gasteiger charge is -2.28. The zero-order chi connectivity index (χ0) is 19.7. The van der Waals surface area contributed by atoms with E-state index in [1.807, 2.05) is 7.05 Å². The van der Waals surface area contributed by atoms with E-state index < -0.39 is 17.7 Å². The Morgan fingerprint density at radius 1 is 1.27 bits per heavy atom. The molecule has 1 aromatic carbocycles. The third-order valence-electron chi connectivity index (χ3n) is 5.06. The van der Waals surface area contributed by atoms with Crippen LogP contribution in [0, 0.1) is 5.92 Å². The Balaban J connectivity index is 0.000000487.